The molecule has 3 rings (SSSR count). The molecule has 1 fully saturated rings. The normalized spacial score (nSPS) is 19.6. The summed E-state index contributed by atoms with van der Waals surface area (Å²) in [6.45, 7) is 1.56. The van der Waals surface area contributed by atoms with Gasteiger partial charge in [-0.15, -0.1) is 0 Å². The van der Waals surface area contributed by atoms with E-state index in [0.29, 0.717) is 6.61 Å². The van der Waals surface area contributed by atoms with Gasteiger partial charge >= 0.3 is 0 Å². The third kappa shape index (κ3) is 3.87. The highest BCUT2D eigenvalue weighted by Gasteiger charge is 2.22. The van der Waals surface area contributed by atoms with Gasteiger partial charge in [0.1, 0.15) is 12.4 Å². The van der Waals surface area contributed by atoms with Gasteiger partial charge < -0.3 is 15.2 Å². The van der Waals surface area contributed by atoms with Gasteiger partial charge in [0.05, 0.1) is 6.10 Å². The van der Waals surface area contributed by atoms with E-state index in [1.54, 1.807) is 0 Å². The highest BCUT2D eigenvalue weighted by atomic mass is 16.5. The number of benzene rings is 2. The molecular weight excluding hydrogens is 274 g/mol. The van der Waals surface area contributed by atoms with Gasteiger partial charge in [-0.05, 0) is 42.6 Å². The summed E-state index contributed by atoms with van der Waals surface area (Å²) in [5.41, 5.74) is 2.10. The van der Waals surface area contributed by atoms with E-state index < -0.39 is 6.10 Å². The first-order chi connectivity index (χ1) is 10.8. The average Bonchev–Trinajstić information content (AvgIpc) is 2.61. The van der Waals surface area contributed by atoms with Gasteiger partial charge in [0.2, 0.25) is 0 Å². The van der Waals surface area contributed by atoms with Crippen LogP contribution in [0.3, 0.4) is 0 Å². The number of ether oxygens (including phenoxy) is 1. The van der Waals surface area contributed by atoms with Crippen molar-refractivity contribution in [1.29, 1.82) is 0 Å². The van der Waals surface area contributed by atoms with Gasteiger partial charge in [-0.1, -0.05) is 48.9 Å². The molecule has 1 saturated heterocycles. The number of piperidine rings is 1. The summed E-state index contributed by atoms with van der Waals surface area (Å²) < 4.78 is 5.78. The molecule has 3 heteroatoms. The summed E-state index contributed by atoms with van der Waals surface area (Å²) in [6, 6.07) is 18.1. The first kappa shape index (κ1) is 15.1. The monoisotopic (exact) mass is 297 g/mol. The Hall–Kier alpha value is -1.84. The summed E-state index contributed by atoms with van der Waals surface area (Å²) in [7, 11) is 0. The Kier molecular flexibility index (Phi) is 5.09. The van der Waals surface area contributed by atoms with Crippen LogP contribution in [0.1, 0.15) is 36.5 Å². The van der Waals surface area contributed by atoms with Crippen LogP contribution in [-0.2, 0) is 6.61 Å². The van der Waals surface area contributed by atoms with Crippen LogP contribution in [0.4, 0.5) is 0 Å². The molecule has 1 aliphatic rings. The molecule has 2 unspecified atom stereocenters. The van der Waals surface area contributed by atoms with Gasteiger partial charge in [-0.25, -0.2) is 0 Å². The lowest BCUT2D eigenvalue weighted by atomic mass is 9.95. The minimum Gasteiger partial charge on any atom is -0.489 e. The van der Waals surface area contributed by atoms with E-state index in [4.69, 9.17) is 4.74 Å². The molecule has 2 atom stereocenters. The molecule has 1 heterocycles. The van der Waals surface area contributed by atoms with Crippen LogP contribution in [-0.4, -0.2) is 17.7 Å². The van der Waals surface area contributed by atoms with Crippen molar-refractivity contribution in [2.24, 2.45) is 0 Å². The van der Waals surface area contributed by atoms with Crippen molar-refractivity contribution in [3.05, 3.63) is 65.7 Å². The minimum atomic E-state index is -0.441. The van der Waals surface area contributed by atoms with Crippen molar-refractivity contribution in [2.75, 3.05) is 6.54 Å². The molecule has 0 radical (unpaired) electrons. The number of hydrogen-bond donors (Lipinski definition) is 2. The Bertz CT molecular complexity index is 562. The summed E-state index contributed by atoms with van der Waals surface area (Å²) in [6.07, 6.45) is 2.99. The van der Waals surface area contributed by atoms with E-state index >= 15 is 0 Å². The van der Waals surface area contributed by atoms with Crippen molar-refractivity contribution in [3.63, 3.8) is 0 Å². The van der Waals surface area contributed by atoms with Crippen molar-refractivity contribution in [2.45, 2.75) is 38.0 Å². The Morgan fingerprint density at radius 2 is 1.82 bits per heavy atom. The molecule has 0 spiro atoms. The SMILES string of the molecule is OC(c1ccc(OCc2ccccc2)cc1)C1CCCCN1. The lowest BCUT2D eigenvalue weighted by Gasteiger charge is -2.28. The second kappa shape index (κ2) is 7.43. The maximum atomic E-state index is 10.4. The van der Waals surface area contributed by atoms with Crippen molar-refractivity contribution < 1.29 is 9.84 Å². The summed E-state index contributed by atoms with van der Waals surface area (Å²) in [5.74, 6) is 0.830. The van der Waals surface area contributed by atoms with E-state index in [9.17, 15) is 5.11 Å². The fourth-order valence-corrected chi connectivity index (χ4v) is 2.88. The Morgan fingerprint density at radius 3 is 2.50 bits per heavy atom. The topological polar surface area (TPSA) is 41.5 Å². The largest absolute Gasteiger partial charge is 0.489 e. The Balaban J connectivity index is 1.57. The van der Waals surface area contributed by atoms with Crippen LogP contribution in [0.15, 0.2) is 54.6 Å². The molecule has 0 saturated carbocycles. The maximum absolute atomic E-state index is 10.4. The molecule has 1 aliphatic heterocycles. The van der Waals surface area contributed by atoms with Crippen molar-refractivity contribution >= 4 is 0 Å². The van der Waals surface area contributed by atoms with Crippen molar-refractivity contribution in [3.8, 4) is 5.75 Å². The summed E-state index contributed by atoms with van der Waals surface area (Å²) in [5, 5.41) is 13.8. The summed E-state index contributed by atoms with van der Waals surface area (Å²) >= 11 is 0. The molecule has 0 amide bonds. The number of aliphatic hydroxyl groups excluding tert-OH is 1. The molecular formula is C19H23NO2. The summed E-state index contributed by atoms with van der Waals surface area (Å²) in [4.78, 5) is 0. The second-order valence-corrected chi connectivity index (χ2v) is 5.84. The maximum Gasteiger partial charge on any atom is 0.119 e. The molecule has 0 aromatic heterocycles. The fraction of sp³-hybridized carbons (Fsp3) is 0.368. The van der Waals surface area contributed by atoms with E-state index in [-0.39, 0.29) is 6.04 Å². The van der Waals surface area contributed by atoms with Gasteiger partial charge in [-0.2, -0.15) is 0 Å². The van der Waals surface area contributed by atoms with Gasteiger partial charge in [0.25, 0.3) is 0 Å². The smallest absolute Gasteiger partial charge is 0.119 e. The average molecular weight is 297 g/mol. The number of nitrogens with one attached hydrogen (secondary N) is 1. The number of rotatable bonds is 5. The number of aliphatic hydroxyl groups is 1. The predicted octanol–water partition coefficient (Wildman–Crippen LogP) is 3.44. The zero-order chi connectivity index (χ0) is 15.2. The van der Waals surface area contributed by atoms with E-state index in [0.717, 1.165) is 29.8 Å². The molecule has 0 bridgehead atoms. The van der Waals surface area contributed by atoms with Crippen molar-refractivity contribution in [1.82, 2.24) is 5.32 Å². The van der Waals surface area contributed by atoms with Crippen LogP contribution < -0.4 is 10.1 Å². The molecule has 3 nitrogen and oxygen atoms in total. The third-order valence-electron chi connectivity index (χ3n) is 4.20. The molecule has 2 aromatic carbocycles. The lowest BCUT2D eigenvalue weighted by molar-refractivity contribution is 0.114. The molecule has 2 N–H and O–H groups in total. The predicted molar refractivity (Wildman–Crippen MR) is 87.8 cm³/mol. The fourth-order valence-electron chi connectivity index (χ4n) is 2.88. The van der Waals surface area contributed by atoms with Crippen LogP contribution in [0.5, 0.6) is 5.75 Å². The lowest BCUT2D eigenvalue weighted by Crippen LogP contribution is -2.38. The Labute approximate surface area is 131 Å². The number of hydrogen-bond acceptors (Lipinski definition) is 3. The first-order valence-electron chi connectivity index (χ1n) is 8.01. The van der Waals surface area contributed by atoms with E-state index in [2.05, 4.69) is 5.32 Å². The second-order valence-electron chi connectivity index (χ2n) is 5.84. The molecule has 0 aliphatic carbocycles. The van der Waals surface area contributed by atoms with Crippen LogP contribution >= 0.6 is 0 Å². The molecule has 2 aromatic rings. The quantitative estimate of drug-likeness (QED) is 0.888. The van der Waals surface area contributed by atoms with Gasteiger partial charge in [0.15, 0.2) is 0 Å². The highest BCUT2D eigenvalue weighted by Crippen LogP contribution is 2.24. The first-order valence-corrected chi connectivity index (χ1v) is 8.01. The van der Waals surface area contributed by atoms with Crippen LogP contribution in [0.25, 0.3) is 0 Å². The zero-order valence-electron chi connectivity index (χ0n) is 12.7. The van der Waals surface area contributed by atoms with Gasteiger partial charge in [0, 0.05) is 6.04 Å². The van der Waals surface area contributed by atoms with E-state index in [1.807, 2.05) is 54.6 Å². The van der Waals surface area contributed by atoms with Crippen LogP contribution in [0, 0.1) is 0 Å². The highest BCUT2D eigenvalue weighted by molar-refractivity contribution is 5.29. The molecule has 22 heavy (non-hydrogen) atoms. The van der Waals surface area contributed by atoms with E-state index in [1.165, 1.54) is 12.8 Å². The van der Waals surface area contributed by atoms with Gasteiger partial charge in [-0.3, -0.25) is 0 Å². The van der Waals surface area contributed by atoms with Crippen LogP contribution in [0.2, 0.25) is 0 Å². The standard InChI is InChI=1S/C19H23NO2/c21-19(18-8-4-5-13-20-18)16-9-11-17(12-10-16)22-14-15-6-2-1-3-7-15/h1-3,6-7,9-12,18-21H,4-5,8,13-14H2. The molecule has 116 valence electrons. The zero-order valence-corrected chi connectivity index (χ0v) is 12.7. The Morgan fingerprint density at radius 1 is 1.05 bits per heavy atom. The third-order valence-corrected chi connectivity index (χ3v) is 4.20. The minimum absolute atomic E-state index is 0.171.